The second kappa shape index (κ2) is 14.4. The summed E-state index contributed by atoms with van der Waals surface area (Å²) in [5.74, 6) is 1.24. The number of aliphatic carboxylic acids is 1. The van der Waals surface area contributed by atoms with Crippen LogP contribution in [0, 0.1) is 18.8 Å². The standard InChI is InChI=1S/C20H32O3.C7H10/c1-3-4-5-6-7-8-9-19(14-15-20(21)22)23-16-18-12-10-17(2)11-13-18;1-2-7-4-3-6(1)5-7/h10-13,19H,3-9,14-16H2,1-2H3,(H,21,22);1-2,6-7H,3-5H2. The molecule has 2 aliphatic rings. The monoisotopic (exact) mass is 414 g/mol. The van der Waals surface area contributed by atoms with E-state index in [2.05, 4.69) is 50.3 Å². The van der Waals surface area contributed by atoms with Crippen LogP contribution < -0.4 is 0 Å². The van der Waals surface area contributed by atoms with Crippen LogP contribution in [0.15, 0.2) is 36.4 Å². The van der Waals surface area contributed by atoms with E-state index in [4.69, 9.17) is 9.84 Å². The van der Waals surface area contributed by atoms with Gasteiger partial charge in [-0.25, -0.2) is 0 Å². The zero-order chi connectivity index (χ0) is 21.6. The van der Waals surface area contributed by atoms with Crippen LogP contribution in [0.3, 0.4) is 0 Å². The largest absolute Gasteiger partial charge is 0.481 e. The van der Waals surface area contributed by atoms with Crippen LogP contribution in [-0.2, 0) is 16.1 Å². The van der Waals surface area contributed by atoms with Crippen molar-refractivity contribution in [2.45, 2.75) is 104 Å². The van der Waals surface area contributed by atoms with Gasteiger partial charge in [0.1, 0.15) is 0 Å². The highest BCUT2D eigenvalue weighted by molar-refractivity contribution is 5.66. The molecular weight excluding hydrogens is 372 g/mol. The third-order valence-corrected chi connectivity index (χ3v) is 6.34. The lowest BCUT2D eigenvalue weighted by Crippen LogP contribution is -2.15. The Labute approximate surface area is 183 Å². The normalized spacial score (nSPS) is 20.1. The summed E-state index contributed by atoms with van der Waals surface area (Å²) in [7, 11) is 0. The Kier molecular flexibility index (Phi) is 11.8. The molecular formula is C27H42O3. The molecule has 0 aliphatic heterocycles. The van der Waals surface area contributed by atoms with Crippen LogP contribution in [0.2, 0.25) is 0 Å². The van der Waals surface area contributed by atoms with Gasteiger partial charge in [-0.05, 0) is 56.4 Å². The maximum absolute atomic E-state index is 10.8. The Balaban J connectivity index is 0.000000375. The number of carboxylic acids is 1. The van der Waals surface area contributed by atoms with Crippen molar-refractivity contribution < 1.29 is 14.6 Å². The minimum atomic E-state index is -0.739. The van der Waals surface area contributed by atoms with Crippen LogP contribution in [0.4, 0.5) is 0 Å². The SMILES string of the molecule is C1=CC2CCC1C2.CCCCCCCCC(CCC(=O)O)OCc1ccc(C)cc1. The van der Waals surface area contributed by atoms with Crippen LogP contribution in [0.25, 0.3) is 0 Å². The number of carboxylic acid groups (broad SMARTS) is 1. The number of unbranched alkanes of at least 4 members (excludes halogenated alkanes) is 5. The number of hydrogen-bond acceptors (Lipinski definition) is 2. The fourth-order valence-electron chi connectivity index (χ4n) is 4.36. The molecule has 1 saturated carbocycles. The van der Waals surface area contributed by atoms with Crippen LogP contribution in [-0.4, -0.2) is 17.2 Å². The van der Waals surface area contributed by atoms with Crippen molar-refractivity contribution in [2.24, 2.45) is 11.8 Å². The third kappa shape index (κ3) is 10.4. The lowest BCUT2D eigenvalue weighted by molar-refractivity contribution is -0.138. The highest BCUT2D eigenvalue weighted by atomic mass is 16.5. The Morgan fingerprint density at radius 3 is 2.17 bits per heavy atom. The van der Waals surface area contributed by atoms with Gasteiger partial charge in [0.05, 0.1) is 12.7 Å². The number of hydrogen-bond donors (Lipinski definition) is 1. The summed E-state index contributed by atoms with van der Waals surface area (Å²) in [6, 6.07) is 8.32. The molecule has 3 heteroatoms. The van der Waals surface area contributed by atoms with Crippen molar-refractivity contribution >= 4 is 5.97 Å². The first-order valence-corrected chi connectivity index (χ1v) is 12.1. The summed E-state index contributed by atoms with van der Waals surface area (Å²) < 4.78 is 5.98. The number of aryl methyl sites for hydroxylation is 1. The van der Waals surface area contributed by atoms with Gasteiger partial charge in [0.25, 0.3) is 0 Å². The van der Waals surface area contributed by atoms with Crippen molar-refractivity contribution in [1.82, 2.24) is 0 Å². The van der Waals surface area contributed by atoms with Gasteiger partial charge in [0.2, 0.25) is 0 Å². The molecule has 0 heterocycles. The average Bonchev–Trinajstić information content (AvgIpc) is 3.39. The summed E-state index contributed by atoms with van der Waals surface area (Å²) in [5.41, 5.74) is 2.39. The minimum Gasteiger partial charge on any atom is -0.481 e. The number of allylic oxidation sites excluding steroid dienone is 2. The molecule has 0 radical (unpaired) electrons. The van der Waals surface area contributed by atoms with Crippen molar-refractivity contribution in [3.05, 3.63) is 47.5 Å². The van der Waals surface area contributed by atoms with E-state index in [1.807, 2.05) is 0 Å². The summed E-state index contributed by atoms with van der Waals surface area (Å²) in [6.07, 6.45) is 18.5. The smallest absolute Gasteiger partial charge is 0.303 e. The number of carbonyl (C=O) groups is 1. The Hall–Kier alpha value is -1.61. The first kappa shape index (κ1) is 24.7. The second-order valence-electron chi connectivity index (χ2n) is 9.13. The molecule has 3 unspecified atom stereocenters. The number of ether oxygens (including phenoxy) is 1. The molecule has 168 valence electrons. The molecule has 1 aromatic carbocycles. The first-order chi connectivity index (χ1) is 14.6. The van der Waals surface area contributed by atoms with Gasteiger partial charge in [-0.1, -0.05) is 87.4 Å². The highest BCUT2D eigenvalue weighted by Gasteiger charge is 2.25. The van der Waals surface area contributed by atoms with E-state index in [-0.39, 0.29) is 12.5 Å². The highest BCUT2D eigenvalue weighted by Crippen LogP contribution is 2.38. The average molecular weight is 415 g/mol. The van der Waals surface area contributed by atoms with Crippen LogP contribution in [0.1, 0.15) is 95.1 Å². The molecule has 2 bridgehead atoms. The summed E-state index contributed by atoms with van der Waals surface area (Å²) in [6.45, 7) is 4.86. The van der Waals surface area contributed by atoms with E-state index < -0.39 is 5.97 Å². The number of rotatable bonds is 13. The molecule has 0 spiro atoms. The van der Waals surface area contributed by atoms with E-state index in [1.165, 1.54) is 56.9 Å². The van der Waals surface area contributed by atoms with Crippen molar-refractivity contribution in [3.63, 3.8) is 0 Å². The second-order valence-corrected chi connectivity index (χ2v) is 9.13. The quantitative estimate of drug-likeness (QED) is 0.269. The van der Waals surface area contributed by atoms with Gasteiger partial charge in [-0.15, -0.1) is 0 Å². The zero-order valence-electron chi connectivity index (χ0n) is 19.2. The molecule has 0 aromatic heterocycles. The molecule has 3 atom stereocenters. The van der Waals surface area contributed by atoms with Gasteiger partial charge in [-0.3, -0.25) is 4.79 Å². The van der Waals surface area contributed by atoms with E-state index >= 15 is 0 Å². The molecule has 1 fully saturated rings. The van der Waals surface area contributed by atoms with Gasteiger partial charge in [-0.2, -0.15) is 0 Å². The van der Waals surface area contributed by atoms with Gasteiger partial charge < -0.3 is 9.84 Å². The predicted molar refractivity (Wildman–Crippen MR) is 125 cm³/mol. The lowest BCUT2D eigenvalue weighted by atomic mass is 10.0. The lowest BCUT2D eigenvalue weighted by Gasteiger charge is -2.17. The summed E-state index contributed by atoms with van der Waals surface area (Å²) in [4.78, 5) is 10.8. The molecule has 0 saturated heterocycles. The Bertz CT molecular complexity index is 608. The van der Waals surface area contributed by atoms with Crippen molar-refractivity contribution in [1.29, 1.82) is 0 Å². The van der Waals surface area contributed by atoms with E-state index in [1.54, 1.807) is 0 Å². The van der Waals surface area contributed by atoms with E-state index in [9.17, 15) is 4.79 Å². The topological polar surface area (TPSA) is 46.5 Å². The molecule has 1 N–H and O–H groups in total. The van der Waals surface area contributed by atoms with Gasteiger partial charge in [0, 0.05) is 6.42 Å². The predicted octanol–water partition coefficient (Wildman–Crippen LogP) is 7.47. The molecule has 0 amide bonds. The summed E-state index contributed by atoms with van der Waals surface area (Å²) >= 11 is 0. The first-order valence-electron chi connectivity index (χ1n) is 12.1. The van der Waals surface area contributed by atoms with E-state index in [0.717, 1.165) is 30.2 Å². The van der Waals surface area contributed by atoms with Crippen LogP contribution in [0.5, 0.6) is 0 Å². The summed E-state index contributed by atoms with van der Waals surface area (Å²) in [5, 5.41) is 8.89. The third-order valence-electron chi connectivity index (χ3n) is 6.34. The molecule has 3 nitrogen and oxygen atoms in total. The Morgan fingerprint density at radius 2 is 1.63 bits per heavy atom. The maximum atomic E-state index is 10.8. The fraction of sp³-hybridized carbons (Fsp3) is 0.667. The molecule has 1 aromatic rings. The molecule has 3 rings (SSSR count). The maximum Gasteiger partial charge on any atom is 0.303 e. The molecule has 30 heavy (non-hydrogen) atoms. The van der Waals surface area contributed by atoms with E-state index in [0.29, 0.717) is 13.0 Å². The number of benzene rings is 1. The van der Waals surface area contributed by atoms with Crippen molar-refractivity contribution in [3.8, 4) is 0 Å². The van der Waals surface area contributed by atoms with Gasteiger partial charge >= 0.3 is 5.97 Å². The molecule has 2 aliphatic carbocycles. The van der Waals surface area contributed by atoms with Crippen molar-refractivity contribution in [2.75, 3.05) is 0 Å². The number of fused-ring (bicyclic) bond motifs is 2. The minimum absolute atomic E-state index is 0.0542. The fourth-order valence-corrected chi connectivity index (χ4v) is 4.36. The zero-order valence-corrected chi connectivity index (χ0v) is 19.2. The van der Waals surface area contributed by atoms with Crippen LogP contribution >= 0.6 is 0 Å². The Morgan fingerprint density at radius 1 is 1.00 bits per heavy atom. The van der Waals surface area contributed by atoms with Gasteiger partial charge in [0.15, 0.2) is 0 Å².